The van der Waals surface area contributed by atoms with Crippen LogP contribution in [0.25, 0.3) is 0 Å². The predicted molar refractivity (Wildman–Crippen MR) is 83.7 cm³/mol. The summed E-state index contributed by atoms with van der Waals surface area (Å²) in [4.78, 5) is 0. The van der Waals surface area contributed by atoms with Crippen LogP contribution in [0.2, 0.25) is 0 Å². The van der Waals surface area contributed by atoms with Gasteiger partial charge in [0.1, 0.15) is 0 Å². The lowest BCUT2D eigenvalue weighted by molar-refractivity contribution is 0.526. The summed E-state index contributed by atoms with van der Waals surface area (Å²) in [6.45, 7) is 3.28. The molecule has 2 rings (SSSR count). The largest absolute Gasteiger partial charge is 0.313 e. The fourth-order valence-corrected chi connectivity index (χ4v) is 4.26. The van der Waals surface area contributed by atoms with Gasteiger partial charge in [0.2, 0.25) is 0 Å². The van der Waals surface area contributed by atoms with Crippen LogP contribution in [0.4, 0.5) is 0 Å². The topological polar surface area (TPSA) is 29.9 Å². The summed E-state index contributed by atoms with van der Waals surface area (Å²) >= 11 is 2.19. The zero-order valence-corrected chi connectivity index (χ0v) is 13.1. The number of thioether (sulfide) groups is 1. The number of nitrogens with one attached hydrogen (secondary N) is 1. The van der Waals surface area contributed by atoms with Gasteiger partial charge in [0.15, 0.2) is 0 Å². The Labute approximate surface area is 121 Å². The fourth-order valence-electron chi connectivity index (χ4n) is 2.81. The SMILES string of the molecule is CCNC(CCc1ccnn1C)CSC1CCCC1. The molecule has 1 unspecified atom stereocenters. The second-order valence-corrected chi connectivity index (χ2v) is 6.81. The van der Waals surface area contributed by atoms with E-state index < -0.39 is 0 Å². The summed E-state index contributed by atoms with van der Waals surface area (Å²) in [6, 6.07) is 2.78. The Kier molecular flexibility index (Phi) is 6.24. The van der Waals surface area contributed by atoms with Crippen molar-refractivity contribution in [1.29, 1.82) is 0 Å². The Balaban J connectivity index is 1.73. The molecule has 0 bridgehead atoms. The summed E-state index contributed by atoms with van der Waals surface area (Å²) in [7, 11) is 2.03. The second-order valence-electron chi connectivity index (χ2n) is 5.48. The van der Waals surface area contributed by atoms with Gasteiger partial charge in [0.05, 0.1) is 0 Å². The standard InChI is InChI=1S/C15H27N3S/c1-3-16-13(12-19-15-6-4-5-7-15)8-9-14-10-11-17-18(14)2/h10-11,13,15-16H,3-9,12H2,1-2H3. The second kappa shape index (κ2) is 7.95. The molecule has 1 heterocycles. The van der Waals surface area contributed by atoms with Crippen molar-refractivity contribution in [3.63, 3.8) is 0 Å². The van der Waals surface area contributed by atoms with E-state index in [1.54, 1.807) is 0 Å². The quantitative estimate of drug-likeness (QED) is 0.794. The minimum absolute atomic E-state index is 0.644. The minimum Gasteiger partial charge on any atom is -0.313 e. The lowest BCUT2D eigenvalue weighted by atomic mass is 10.1. The van der Waals surface area contributed by atoms with Gasteiger partial charge in [-0.25, -0.2) is 0 Å². The van der Waals surface area contributed by atoms with E-state index in [2.05, 4.69) is 35.2 Å². The van der Waals surface area contributed by atoms with E-state index in [4.69, 9.17) is 0 Å². The molecule has 1 atom stereocenters. The number of aryl methyl sites for hydroxylation is 2. The van der Waals surface area contributed by atoms with Gasteiger partial charge in [-0.05, 0) is 38.3 Å². The van der Waals surface area contributed by atoms with Crippen LogP contribution in [0.3, 0.4) is 0 Å². The van der Waals surface area contributed by atoms with Crippen molar-refractivity contribution in [2.24, 2.45) is 7.05 Å². The predicted octanol–water partition coefficient (Wildman–Crippen LogP) is 3.01. The van der Waals surface area contributed by atoms with Gasteiger partial charge in [0, 0.05) is 36.0 Å². The van der Waals surface area contributed by atoms with Gasteiger partial charge < -0.3 is 5.32 Å². The Morgan fingerprint density at radius 2 is 2.26 bits per heavy atom. The summed E-state index contributed by atoms with van der Waals surface area (Å²) < 4.78 is 1.99. The normalized spacial score (nSPS) is 18.0. The first-order valence-corrected chi connectivity index (χ1v) is 8.66. The monoisotopic (exact) mass is 281 g/mol. The third kappa shape index (κ3) is 4.84. The molecule has 1 aromatic heterocycles. The highest BCUT2D eigenvalue weighted by molar-refractivity contribution is 7.99. The highest BCUT2D eigenvalue weighted by Crippen LogP contribution is 2.30. The molecule has 1 aromatic rings. The van der Waals surface area contributed by atoms with Gasteiger partial charge >= 0.3 is 0 Å². The third-order valence-electron chi connectivity index (χ3n) is 4.00. The van der Waals surface area contributed by atoms with Crippen LogP contribution in [0, 0.1) is 0 Å². The number of hydrogen-bond donors (Lipinski definition) is 1. The van der Waals surface area contributed by atoms with E-state index in [1.807, 2.05) is 17.9 Å². The van der Waals surface area contributed by atoms with Crippen molar-refractivity contribution in [2.45, 2.75) is 56.7 Å². The average Bonchev–Trinajstić information content (AvgIpc) is 3.04. The Morgan fingerprint density at radius 1 is 1.47 bits per heavy atom. The van der Waals surface area contributed by atoms with Crippen LogP contribution < -0.4 is 5.32 Å². The maximum absolute atomic E-state index is 4.24. The molecule has 1 aliphatic rings. The molecule has 1 fully saturated rings. The lowest BCUT2D eigenvalue weighted by Gasteiger charge is -2.19. The van der Waals surface area contributed by atoms with E-state index in [1.165, 1.54) is 43.6 Å². The minimum atomic E-state index is 0.644. The van der Waals surface area contributed by atoms with Gasteiger partial charge in [-0.3, -0.25) is 4.68 Å². The van der Waals surface area contributed by atoms with Crippen molar-refractivity contribution < 1.29 is 0 Å². The molecule has 3 nitrogen and oxygen atoms in total. The molecule has 1 N–H and O–H groups in total. The Bertz CT molecular complexity index is 358. The summed E-state index contributed by atoms with van der Waals surface area (Å²) in [5.41, 5.74) is 1.34. The number of nitrogens with zero attached hydrogens (tertiary/aromatic N) is 2. The molecule has 108 valence electrons. The highest BCUT2D eigenvalue weighted by Gasteiger charge is 2.17. The van der Waals surface area contributed by atoms with Crippen LogP contribution in [0.15, 0.2) is 12.3 Å². The van der Waals surface area contributed by atoms with Crippen LogP contribution in [0.5, 0.6) is 0 Å². The molecular weight excluding hydrogens is 254 g/mol. The van der Waals surface area contributed by atoms with E-state index in [0.717, 1.165) is 18.2 Å². The van der Waals surface area contributed by atoms with Crippen molar-refractivity contribution in [3.05, 3.63) is 18.0 Å². The van der Waals surface area contributed by atoms with Crippen LogP contribution in [-0.4, -0.2) is 33.4 Å². The molecule has 0 amide bonds. The number of rotatable bonds is 8. The smallest absolute Gasteiger partial charge is 0.0492 e. The maximum Gasteiger partial charge on any atom is 0.0492 e. The molecule has 1 saturated carbocycles. The molecule has 0 radical (unpaired) electrons. The number of hydrogen-bond acceptors (Lipinski definition) is 3. The molecule has 1 aliphatic carbocycles. The summed E-state index contributed by atoms with van der Waals surface area (Å²) in [5, 5.41) is 8.81. The molecule has 0 spiro atoms. The lowest BCUT2D eigenvalue weighted by Crippen LogP contribution is -2.32. The van der Waals surface area contributed by atoms with Crippen molar-refractivity contribution in [2.75, 3.05) is 12.3 Å². The fraction of sp³-hybridized carbons (Fsp3) is 0.800. The van der Waals surface area contributed by atoms with E-state index in [9.17, 15) is 0 Å². The molecular formula is C15H27N3S. The first-order valence-electron chi connectivity index (χ1n) is 7.61. The Morgan fingerprint density at radius 3 is 2.89 bits per heavy atom. The summed E-state index contributed by atoms with van der Waals surface area (Å²) in [5.74, 6) is 1.26. The van der Waals surface area contributed by atoms with Crippen LogP contribution in [-0.2, 0) is 13.5 Å². The number of aromatic nitrogens is 2. The van der Waals surface area contributed by atoms with Gasteiger partial charge in [-0.2, -0.15) is 16.9 Å². The molecule has 0 aromatic carbocycles. The van der Waals surface area contributed by atoms with Crippen molar-refractivity contribution in [1.82, 2.24) is 15.1 Å². The Hall–Kier alpha value is -0.480. The highest BCUT2D eigenvalue weighted by atomic mass is 32.2. The molecule has 19 heavy (non-hydrogen) atoms. The zero-order valence-electron chi connectivity index (χ0n) is 12.3. The first-order chi connectivity index (χ1) is 9.29. The van der Waals surface area contributed by atoms with Gasteiger partial charge in [0.25, 0.3) is 0 Å². The molecule has 0 aliphatic heterocycles. The first kappa shape index (κ1) is 14.9. The zero-order chi connectivity index (χ0) is 13.5. The van der Waals surface area contributed by atoms with E-state index in [0.29, 0.717) is 6.04 Å². The van der Waals surface area contributed by atoms with Crippen molar-refractivity contribution >= 4 is 11.8 Å². The van der Waals surface area contributed by atoms with Crippen LogP contribution in [0.1, 0.15) is 44.7 Å². The van der Waals surface area contributed by atoms with Gasteiger partial charge in [-0.1, -0.05) is 19.8 Å². The van der Waals surface area contributed by atoms with E-state index >= 15 is 0 Å². The van der Waals surface area contributed by atoms with Crippen LogP contribution >= 0.6 is 11.8 Å². The summed E-state index contributed by atoms with van der Waals surface area (Å²) in [6.07, 6.45) is 9.99. The molecule has 0 saturated heterocycles. The van der Waals surface area contributed by atoms with Crippen molar-refractivity contribution in [3.8, 4) is 0 Å². The average molecular weight is 281 g/mol. The molecule has 4 heteroatoms. The van der Waals surface area contributed by atoms with Gasteiger partial charge in [-0.15, -0.1) is 0 Å². The third-order valence-corrected chi connectivity index (χ3v) is 5.54. The van der Waals surface area contributed by atoms with E-state index in [-0.39, 0.29) is 0 Å². The maximum atomic E-state index is 4.24.